The third kappa shape index (κ3) is 2.00. The number of aliphatic hydroxyl groups excluding tert-OH is 3. The lowest BCUT2D eigenvalue weighted by atomic mass is 10.1. The normalized spacial score (nSPS) is 29.6. The van der Waals surface area contributed by atoms with Crippen LogP contribution in [0.25, 0.3) is 11.2 Å². The van der Waals surface area contributed by atoms with Gasteiger partial charge in [0.15, 0.2) is 17.7 Å². The average Bonchev–Trinajstić information content (AvgIpc) is 2.94. The summed E-state index contributed by atoms with van der Waals surface area (Å²) in [6.07, 6.45) is -1.42. The molecule has 9 heteroatoms. The highest BCUT2D eigenvalue weighted by Crippen LogP contribution is 2.31. The zero-order chi connectivity index (χ0) is 13.6. The lowest BCUT2D eigenvalue weighted by molar-refractivity contribution is -0.0511. The predicted octanol–water partition coefficient (Wildman–Crippen LogP) is -1.34. The van der Waals surface area contributed by atoms with Gasteiger partial charge in [0.05, 0.1) is 12.9 Å². The number of rotatable bonds is 2. The zero-order valence-electron chi connectivity index (χ0n) is 9.79. The fourth-order valence-electron chi connectivity index (χ4n) is 2.17. The molecule has 0 bridgehead atoms. The molecule has 0 aromatic carbocycles. The van der Waals surface area contributed by atoms with E-state index >= 15 is 0 Å². The largest absolute Gasteiger partial charge is 0.394 e. The van der Waals surface area contributed by atoms with E-state index in [-0.39, 0.29) is 13.2 Å². The molecule has 4 atom stereocenters. The molecule has 0 radical (unpaired) electrons. The maximum atomic E-state index is 9.95. The lowest BCUT2D eigenvalue weighted by Crippen LogP contribution is -2.33. The number of fused-ring (bicyclic) bond motifs is 1. The van der Waals surface area contributed by atoms with E-state index in [9.17, 15) is 10.2 Å². The highest BCUT2D eigenvalue weighted by Gasteiger charge is 2.43. The van der Waals surface area contributed by atoms with Crippen molar-refractivity contribution in [3.8, 4) is 0 Å². The average molecular weight is 283 g/mol. The first-order valence-corrected chi connectivity index (χ1v) is 5.69. The first-order chi connectivity index (χ1) is 9.13. The van der Waals surface area contributed by atoms with E-state index in [0.29, 0.717) is 11.2 Å². The Kier molecular flexibility index (Phi) is 3.86. The number of anilines is 1. The molecule has 3 rings (SSSR count). The number of nitrogen functional groups attached to an aromatic ring is 1. The molecule has 2 aromatic rings. The summed E-state index contributed by atoms with van der Waals surface area (Å²) in [4.78, 5) is 11.9. The molecule has 3 heterocycles. The number of hydrogen-bond acceptors (Lipinski definition) is 8. The van der Waals surface area contributed by atoms with E-state index in [0.717, 1.165) is 0 Å². The topological polar surface area (TPSA) is 140 Å². The van der Waals surface area contributed by atoms with Crippen LogP contribution in [0.15, 0.2) is 12.7 Å². The van der Waals surface area contributed by atoms with Crippen LogP contribution in [0.3, 0.4) is 0 Å². The molecular formula is C11H17N5O4. The Morgan fingerprint density at radius 3 is 2.65 bits per heavy atom. The minimum atomic E-state index is -1.19. The van der Waals surface area contributed by atoms with Crippen LogP contribution in [-0.4, -0.2) is 59.8 Å². The van der Waals surface area contributed by atoms with Crippen LogP contribution in [0.5, 0.6) is 0 Å². The van der Waals surface area contributed by atoms with Gasteiger partial charge in [-0.1, -0.05) is 7.43 Å². The van der Waals surface area contributed by atoms with Crippen molar-refractivity contribution < 1.29 is 20.1 Å². The zero-order valence-corrected chi connectivity index (χ0v) is 9.79. The molecular weight excluding hydrogens is 266 g/mol. The van der Waals surface area contributed by atoms with Crippen molar-refractivity contribution in [2.24, 2.45) is 0 Å². The molecule has 1 aliphatic rings. The maximum Gasteiger partial charge on any atom is 0.167 e. The lowest BCUT2D eigenvalue weighted by Gasteiger charge is -2.16. The molecule has 5 N–H and O–H groups in total. The molecule has 1 fully saturated rings. The highest BCUT2D eigenvalue weighted by atomic mass is 16.6. The van der Waals surface area contributed by atoms with Crippen molar-refractivity contribution in [1.29, 1.82) is 0 Å². The van der Waals surface area contributed by atoms with Crippen molar-refractivity contribution in [3.63, 3.8) is 0 Å². The standard InChI is InChI=1S/C10H13N5O4.CH4/c11-8-5-9(13-2-12-8)15(3-14-5)10-7(18)6(17)4(1-16)19-10;/h2-4,6-7,10,16-18H,1H2,(H2,11,12,13);1H4/t4-,6-,7-,10-;/m1./s1. The Hall–Kier alpha value is -1.81. The van der Waals surface area contributed by atoms with Crippen LogP contribution in [0.4, 0.5) is 5.82 Å². The van der Waals surface area contributed by atoms with Gasteiger partial charge in [0.25, 0.3) is 0 Å². The SMILES string of the molecule is C.Nc1ncnc2c1ncn2[C@@H]1O[C@H](CO)[C@@H](O)[C@H]1O. The number of aliphatic hydroxyl groups is 3. The van der Waals surface area contributed by atoms with Crippen LogP contribution in [-0.2, 0) is 4.74 Å². The summed E-state index contributed by atoms with van der Waals surface area (Å²) in [6, 6.07) is 0. The van der Waals surface area contributed by atoms with Crippen molar-refractivity contribution in [3.05, 3.63) is 12.7 Å². The van der Waals surface area contributed by atoms with E-state index in [1.807, 2.05) is 0 Å². The number of hydrogen-bond donors (Lipinski definition) is 4. The molecule has 0 saturated carbocycles. The van der Waals surface area contributed by atoms with Gasteiger partial charge in [0.1, 0.15) is 30.2 Å². The monoisotopic (exact) mass is 283 g/mol. The van der Waals surface area contributed by atoms with Crippen molar-refractivity contribution >= 4 is 17.0 Å². The molecule has 0 spiro atoms. The number of nitrogens with zero attached hydrogens (tertiary/aromatic N) is 4. The molecule has 20 heavy (non-hydrogen) atoms. The van der Waals surface area contributed by atoms with Gasteiger partial charge in [-0.3, -0.25) is 4.57 Å². The summed E-state index contributed by atoms with van der Waals surface area (Å²) in [7, 11) is 0. The van der Waals surface area contributed by atoms with Gasteiger partial charge >= 0.3 is 0 Å². The minimum Gasteiger partial charge on any atom is -0.394 e. The van der Waals surface area contributed by atoms with Gasteiger partial charge in [-0.25, -0.2) is 15.0 Å². The first-order valence-electron chi connectivity index (χ1n) is 5.69. The van der Waals surface area contributed by atoms with Gasteiger partial charge in [-0.15, -0.1) is 0 Å². The summed E-state index contributed by atoms with van der Waals surface area (Å²) in [5.74, 6) is 0.218. The third-order valence-corrected chi connectivity index (χ3v) is 3.18. The summed E-state index contributed by atoms with van der Waals surface area (Å²) in [6.45, 7) is -0.390. The second-order valence-corrected chi connectivity index (χ2v) is 4.31. The Labute approximate surface area is 114 Å². The Morgan fingerprint density at radius 1 is 1.25 bits per heavy atom. The Balaban J connectivity index is 0.00000147. The van der Waals surface area contributed by atoms with Crippen LogP contribution in [0, 0.1) is 0 Å². The van der Waals surface area contributed by atoms with Gasteiger partial charge in [0, 0.05) is 0 Å². The van der Waals surface area contributed by atoms with Crippen molar-refractivity contribution in [2.75, 3.05) is 12.3 Å². The van der Waals surface area contributed by atoms with Crippen molar-refractivity contribution in [2.45, 2.75) is 32.0 Å². The molecule has 110 valence electrons. The third-order valence-electron chi connectivity index (χ3n) is 3.18. The second kappa shape index (κ2) is 5.29. The fraction of sp³-hybridized carbons (Fsp3) is 0.545. The molecule has 0 amide bonds. The van der Waals surface area contributed by atoms with Gasteiger partial charge in [-0.2, -0.15) is 0 Å². The van der Waals surface area contributed by atoms with E-state index in [4.69, 9.17) is 15.6 Å². The quantitative estimate of drug-likeness (QED) is 0.530. The molecule has 9 nitrogen and oxygen atoms in total. The summed E-state index contributed by atoms with van der Waals surface area (Å²) in [5, 5.41) is 28.7. The Bertz CT molecular complexity index is 604. The summed E-state index contributed by atoms with van der Waals surface area (Å²) < 4.78 is 6.85. The van der Waals surface area contributed by atoms with Gasteiger partial charge in [0.2, 0.25) is 0 Å². The van der Waals surface area contributed by atoms with Gasteiger partial charge < -0.3 is 25.8 Å². The predicted molar refractivity (Wildman–Crippen MR) is 69.5 cm³/mol. The van der Waals surface area contributed by atoms with E-state index in [1.54, 1.807) is 0 Å². The van der Waals surface area contributed by atoms with Crippen LogP contribution >= 0.6 is 0 Å². The van der Waals surface area contributed by atoms with Crippen molar-refractivity contribution in [1.82, 2.24) is 19.5 Å². The van der Waals surface area contributed by atoms with E-state index < -0.39 is 31.1 Å². The smallest absolute Gasteiger partial charge is 0.167 e. The number of nitrogens with two attached hydrogens (primary N) is 1. The highest BCUT2D eigenvalue weighted by molar-refractivity contribution is 5.81. The summed E-state index contributed by atoms with van der Waals surface area (Å²) >= 11 is 0. The second-order valence-electron chi connectivity index (χ2n) is 4.31. The van der Waals surface area contributed by atoms with Crippen LogP contribution < -0.4 is 5.73 Å². The number of ether oxygens (including phenoxy) is 1. The summed E-state index contributed by atoms with van der Waals surface area (Å²) in [5.41, 5.74) is 6.44. The number of aromatic nitrogens is 4. The first kappa shape index (κ1) is 14.6. The fourth-order valence-corrected chi connectivity index (χ4v) is 2.17. The number of imidazole rings is 1. The molecule has 1 saturated heterocycles. The minimum absolute atomic E-state index is 0. The van der Waals surface area contributed by atoms with E-state index in [1.165, 1.54) is 17.2 Å². The maximum absolute atomic E-state index is 9.95. The van der Waals surface area contributed by atoms with Gasteiger partial charge in [-0.05, 0) is 0 Å². The Morgan fingerprint density at radius 2 is 2.00 bits per heavy atom. The van der Waals surface area contributed by atoms with Crippen LogP contribution in [0.1, 0.15) is 13.7 Å². The molecule has 0 aliphatic carbocycles. The van der Waals surface area contributed by atoms with E-state index in [2.05, 4.69) is 15.0 Å². The molecule has 2 aromatic heterocycles. The molecule has 1 aliphatic heterocycles. The van der Waals surface area contributed by atoms with Crippen LogP contribution in [0.2, 0.25) is 0 Å². The molecule has 0 unspecified atom stereocenters.